The maximum atomic E-state index is 6.23. The Hall–Kier alpha value is -2.59. The monoisotopic (exact) mass is 354 g/mol. The minimum atomic E-state index is 0.450. The number of halogens is 1. The van der Waals surface area contributed by atoms with Crippen LogP contribution in [0.5, 0.6) is 11.5 Å². The van der Waals surface area contributed by atoms with Crippen LogP contribution < -0.4 is 9.47 Å². The van der Waals surface area contributed by atoms with Gasteiger partial charge in [-0.3, -0.25) is 0 Å². The predicted octanol–water partition coefficient (Wildman–Crippen LogP) is 4.60. The van der Waals surface area contributed by atoms with E-state index < -0.39 is 0 Å². The molecule has 1 heterocycles. The van der Waals surface area contributed by atoms with Gasteiger partial charge in [-0.05, 0) is 66.4 Å². The third-order valence-corrected chi connectivity index (χ3v) is 4.37. The van der Waals surface area contributed by atoms with Crippen molar-refractivity contribution in [1.82, 2.24) is 10.2 Å². The first-order valence-corrected chi connectivity index (χ1v) is 8.37. The molecule has 128 valence electrons. The molecule has 5 heteroatoms. The number of aromatic nitrogens is 2. The molecule has 0 amide bonds. The summed E-state index contributed by atoms with van der Waals surface area (Å²) in [4.78, 5) is 0. The van der Waals surface area contributed by atoms with Crippen LogP contribution in [-0.2, 0) is 12.8 Å². The Balaban J connectivity index is 1.76. The van der Waals surface area contributed by atoms with Crippen molar-refractivity contribution in [2.75, 3.05) is 14.2 Å². The highest BCUT2D eigenvalue weighted by atomic mass is 35.5. The van der Waals surface area contributed by atoms with E-state index in [0.29, 0.717) is 5.15 Å². The predicted molar refractivity (Wildman–Crippen MR) is 99.4 cm³/mol. The fourth-order valence-electron chi connectivity index (χ4n) is 2.56. The zero-order chi connectivity index (χ0) is 17.6. The third-order valence-electron chi connectivity index (χ3n) is 4.05. The van der Waals surface area contributed by atoms with Crippen LogP contribution in [0.2, 0.25) is 5.15 Å². The Morgan fingerprint density at radius 1 is 0.800 bits per heavy atom. The first kappa shape index (κ1) is 17.2. The first-order chi connectivity index (χ1) is 12.2. The van der Waals surface area contributed by atoms with Crippen LogP contribution >= 0.6 is 11.6 Å². The van der Waals surface area contributed by atoms with Gasteiger partial charge in [0.05, 0.1) is 19.9 Å². The van der Waals surface area contributed by atoms with Gasteiger partial charge < -0.3 is 9.47 Å². The van der Waals surface area contributed by atoms with Gasteiger partial charge in [-0.25, -0.2) is 0 Å². The van der Waals surface area contributed by atoms with Gasteiger partial charge in [0.1, 0.15) is 11.5 Å². The average molecular weight is 355 g/mol. The Morgan fingerprint density at radius 3 is 2.00 bits per heavy atom. The second-order valence-corrected chi connectivity index (χ2v) is 5.98. The minimum absolute atomic E-state index is 0.450. The van der Waals surface area contributed by atoms with Gasteiger partial charge in [0, 0.05) is 5.56 Å². The molecule has 2 aromatic carbocycles. The van der Waals surface area contributed by atoms with Gasteiger partial charge in [0.25, 0.3) is 0 Å². The highest BCUT2D eigenvalue weighted by Gasteiger charge is 2.08. The van der Waals surface area contributed by atoms with Crippen molar-refractivity contribution >= 4 is 11.6 Å². The quantitative estimate of drug-likeness (QED) is 0.649. The molecule has 0 bridgehead atoms. The maximum absolute atomic E-state index is 6.23. The lowest BCUT2D eigenvalue weighted by atomic mass is 10.0. The van der Waals surface area contributed by atoms with E-state index >= 15 is 0 Å². The van der Waals surface area contributed by atoms with E-state index in [4.69, 9.17) is 21.1 Å². The summed E-state index contributed by atoms with van der Waals surface area (Å²) in [6, 6.07) is 17.8. The van der Waals surface area contributed by atoms with Crippen LogP contribution in [0, 0.1) is 0 Å². The molecule has 0 N–H and O–H groups in total. The number of hydrogen-bond donors (Lipinski definition) is 0. The SMILES string of the molecule is COc1ccc(CCc2cc(-c3ccc(OC)cc3)nnc2Cl)cc1. The lowest BCUT2D eigenvalue weighted by Crippen LogP contribution is -1.98. The average Bonchev–Trinajstić information content (AvgIpc) is 2.68. The Bertz CT molecular complexity index is 833. The molecule has 0 saturated carbocycles. The maximum Gasteiger partial charge on any atom is 0.154 e. The summed E-state index contributed by atoms with van der Waals surface area (Å²) in [6.45, 7) is 0. The van der Waals surface area contributed by atoms with E-state index in [-0.39, 0.29) is 0 Å². The highest BCUT2D eigenvalue weighted by molar-refractivity contribution is 6.30. The molecule has 3 aromatic rings. The molecule has 0 aliphatic heterocycles. The minimum Gasteiger partial charge on any atom is -0.497 e. The van der Waals surface area contributed by atoms with Crippen LogP contribution in [0.4, 0.5) is 0 Å². The van der Waals surface area contributed by atoms with Gasteiger partial charge in [0.2, 0.25) is 0 Å². The van der Waals surface area contributed by atoms with Gasteiger partial charge in [-0.15, -0.1) is 10.2 Å². The second kappa shape index (κ2) is 7.99. The summed E-state index contributed by atoms with van der Waals surface area (Å²) in [6.07, 6.45) is 1.67. The third kappa shape index (κ3) is 4.28. The largest absolute Gasteiger partial charge is 0.497 e. The normalized spacial score (nSPS) is 10.5. The van der Waals surface area contributed by atoms with Crippen LogP contribution in [0.3, 0.4) is 0 Å². The van der Waals surface area contributed by atoms with Crippen molar-refractivity contribution in [3.8, 4) is 22.8 Å². The summed E-state index contributed by atoms with van der Waals surface area (Å²) in [5, 5.41) is 8.75. The van der Waals surface area contributed by atoms with Crippen molar-refractivity contribution in [2.24, 2.45) is 0 Å². The van der Waals surface area contributed by atoms with E-state index in [1.807, 2.05) is 42.5 Å². The summed E-state index contributed by atoms with van der Waals surface area (Å²) in [7, 11) is 3.31. The summed E-state index contributed by atoms with van der Waals surface area (Å²) in [5.41, 5.74) is 3.99. The van der Waals surface area contributed by atoms with Crippen molar-refractivity contribution < 1.29 is 9.47 Å². The summed E-state index contributed by atoms with van der Waals surface area (Å²) < 4.78 is 10.4. The summed E-state index contributed by atoms with van der Waals surface area (Å²) in [5.74, 6) is 1.67. The number of aryl methyl sites for hydroxylation is 2. The Labute approximate surface area is 152 Å². The van der Waals surface area contributed by atoms with E-state index in [1.54, 1.807) is 14.2 Å². The van der Waals surface area contributed by atoms with E-state index in [1.165, 1.54) is 5.56 Å². The van der Waals surface area contributed by atoms with E-state index in [9.17, 15) is 0 Å². The molecule has 3 rings (SSSR count). The van der Waals surface area contributed by atoms with Crippen molar-refractivity contribution in [2.45, 2.75) is 12.8 Å². The van der Waals surface area contributed by atoms with Crippen LogP contribution in [0.1, 0.15) is 11.1 Å². The Morgan fingerprint density at radius 2 is 1.40 bits per heavy atom. The number of hydrogen-bond acceptors (Lipinski definition) is 4. The second-order valence-electron chi connectivity index (χ2n) is 5.62. The Kier molecular flexibility index (Phi) is 5.51. The number of methoxy groups -OCH3 is 2. The molecule has 1 aromatic heterocycles. The lowest BCUT2D eigenvalue weighted by molar-refractivity contribution is 0.414. The zero-order valence-electron chi connectivity index (χ0n) is 14.2. The fraction of sp³-hybridized carbons (Fsp3) is 0.200. The molecule has 0 aliphatic rings. The molecule has 25 heavy (non-hydrogen) atoms. The van der Waals surface area contributed by atoms with Gasteiger partial charge >= 0.3 is 0 Å². The molecule has 0 unspecified atom stereocenters. The molecular formula is C20H19ClN2O2. The number of nitrogens with zero attached hydrogens (tertiary/aromatic N) is 2. The fourth-order valence-corrected chi connectivity index (χ4v) is 2.75. The molecule has 4 nitrogen and oxygen atoms in total. The van der Waals surface area contributed by atoms with Crippen LogP contribution in [0.25, 0.3) is 11.3 Å². The van der Waals surface area contributed by atoms with Gasteiger partial charge in [-0.1, -0.05) is 23.7 Å². The molecule has 0 aliphatic carbocycles. The lowest BCUT2D eigenvalue weighted by Gasteiger charge is -2.08. The molecule has 0 saturated heterocycles. The van der Waals surface area contributed by atoms with Crippen LogP contribution in [-0.4, -0.2) is 24.4 Å². The van der Waals surface area contributed by atoms with Gasteiger partial charge in [0.15, 0.2) is 5.15 Å². The molecule has 0 atom stereocenters. The molecule has 0 spiro atoms. The smallest absolute Gasteiger partial charge is 0.154 e. The molecule has 0 fully saturated rings. The number of rotatable bonds is 6. The van der Waals surface area contributed by atoms with Gasteiger partial charge in [-0.2, -0.15) is 0 Å². The van der Waals surface area contributed by atoms with Crippen molar-refractivity contribution in [3.63, 3.8) is 0 Å². The van der Waals surface area contributed by atoms with Crippen molar-refractivity contribution in [3.05, 3.63) is 70.9 Å². The standard InChI is InChI=1S/C20H19ClN2O2/c1-24-17-9-4-14(5-10-17)3-6-16-13-19(22-23-20(16)21)15-7-11-18(25-2)12-8-15/h4-5,7-13H,3,6H2,1-2H3. The summed E-state index contributed by atoms with van der Waals surface area (Å²) >= 11 is 6.23. The topological polar surface area (TPSA) is 44.2 Å². The molecular weight excluding hydrogens is 336 g/mol. The number of ether oxygens (including phenoxy) is 2. The zero-order valence-corrected chi connectivity index (χ0v) is 15.0. The van der Waals surface area contributed by atoms with Crippen molar-refractivity contribution in [1.29, 1.82) is 0 Å². The van der Waals surface area contributed by atoms with Crippen LogP contribution in [0.15, 0.2) is 54.6 Å². The van der Waals surface area contributed by atoms with E-state index in [2.05, 4.69) is 22.3 Å². The highest BCUT2D eigenvalue weighted by Crippen LogP contribution is 2.24. The number of benzene rings is 2. The molecule has 0 radical (unpaired) electrons. The van der Waals surface area contributed by atoms with E-state index in [0.717, 1.165) is 41.2 Å². The first-order valence-electron chi connectivity index (χ1n) is 7.99.